The van der Waals surface area contributed by atoms with Crippen LogP contribution < -0.4 is 4.90 Å². The van der Waals surface area contributed by atoms with E-state index in [1.807, 2.05) is 6.20 Å². The van der Waals surface area contributed by atoms with Gasteiger partial charge in [0.25, 0.3) is 0 Å². The Morgan fingerprint density at radius 3 is 2.14 bits per heavy atom. The van der Waals surface area contributed by atoms with Crippen LogP contribution in [0.5, 0.6) is 0 Å². The highest BCUT2D eigenvalue weighted by Crippen LogP contribution is 2.57. The number of fused-ring (bicyclic) bond motifs is 12. The number of nitrogens with zero attached hydrogens (tertiary/aromatic N) is 2. The fourth-order valence-electron chi connectivity index (χ4n) is 7.19. The molecule has 5 aromatic rings. The summed E-state index contributed by atoms with van der Waals surface area (Å²) in [4.78, 5) is 7.52. The summed E-state index contributed by atoms with van der Waals surface area (Å²) in [6.45, 7) is 0. The highest BCUT2D eigenvalue weighted by Gasteiger charge is 2.39. The topological polar surface area (TPSA) is 16.1 Å². The second kappa shape index (κ2) is 6.28. The predicted octanol–water partition coefficient (Wildman–Crippen LogP) is 7.50. The molecular weight excluding hydrogens is 424 g/mol. The van der Waals surface area contributed by atoms with Gasteiger partial charge in [0.15, 0.2) is 0 Å². The molecule has 4 aliphatic rings. The molecule has 0 amide bonds. The SMILES string of the molecule is c1ccc2c(c1)Cc1c-2ccc2c1N1c3ncccc3Cc3c4c(cc(c31)C2)Cc1ccccc1-4. The lowest BCUT2D eigenvalue weighted by Gasteiger charge is -2.40. The molecular formula is C33H22N2. The quantitative estimate of drug-likeness (QED) is 0.240. The molecule has 0 atom stereocenters. The maximum atomic E-state index is 4.98. The van der Waals surface area contributed by atoms with Gasteiger partial charge in [0.2, 0.25) is 0 Å². The van der Waals surface area contributed by atoms with E-state index in [0.717, 1.165) is 31.5 Å². The monoisotopic (exact) mass is 446 g/mol. The zero-order valence-electron chi connectivity index (χ0n) is 19.3. The zero-order valence-corrected chi connectivity index (χ0v) is 19.3. The number of hydrogen-bond donors (Lipinski definition) is 0. The van der Waals surface area contributed by atoms with Crippen molar-refractivity contribution < 1.29 is 0 Å². The van der Waals surface area contributed by atoms with E-state index in [1.54, 1.807) is 0 Å². The summed E-state index contributed by atoms with van der Waals surface area (Å²) < 4.78 is 0. The number of benzene rings is 4. The molecule has 0 fully saturated rings. The molecule has 2 aliphatic carbocycles. The summed E-state index contributed by atoms with van der Waals surface area (Å²) in [7, 11) is 0. The molecule has 0 bridgehead atoms. The van der Waals surface area contributed by atoms with Crippen LogP contribution in [0.3, 0.4) is 0 Å². The first-order chi connectivity index (χ1) is 17.3. The Labute approximate surface area is 204 Å². The average Bonchev–Trinajstić information content (AvgIpc) is 3.46. The Morgan fingerprint density at radius 1 is 0.514 bits per heavy atom. The first-order valence-corrected chi connectivity index (χ1v) is 12.6. The molecule has 9 rings (SSSR count). The van der Waals surface area contributed by atoms with Gasteiger partial charge in [-0.25, -0.2) is 4.98 Å². The van der Waals surface area contributed by atoms with Gasteiger partial charge in [-0.3, -0.25) is 4.90 Å². The highest BCUT2D eigenvalue weighted by atomic mass is 15.2. The van der Waals surface area contributed by atoms with Crippen molar-refractivity contribution in [2.45, 2.75) is 25.7 Å². The minimum Gasteiger partial charge on any atom is -0.294 e. The average molecular weight is 447 g/mol. The molecule has 0 spiro atoms. The van der Waals surface area contributed by atoms with Crippen LogP contribution in [-0.2, 0) is 25.7 Å². The van der Waals surface area contributed by atoms with E-state index in [0.29, 0.717) is 0 Å². The Bertz CT molecular complexity index is 1760. The maximum absolute atomic E-state index is 4.98. The van der Waals surface area contributed by atoms with Crippen molar-refractivity contribution in [2.24, 2.45) is 0 Å². The molecule has 35 heavy (non-hydrogen) atoms. The molecule has 1 aromatic heterocycles. The molecule has 4 aromatic carbocycles. The van der Waals surface area contributed by atoms with E-state index in [1.165, 1.54) is 78.1 Å². The lowest BCUT2D eigenvalue weighted by molar-refractivity contribution is 0.970. The minimum atomic E-state index is 0.949. The lowest BCUT2D eigenvalue weighted by Crippen LogP contribution is -2.27. The number of aromatic nitrogens is 1. The Morgan fingerprint density at radius 2 is 1.23 bits per heavy atom. The third kappa shape index (κ3) is 2.23. The Kier molecular flexibility index (Phi) is 3.27. The van der Waals surface area contributed by atoms with Crippen molar-refractivity contribution in [3.8, 4) is 22.3 Å². The lowest BCUT2D eigenvalue weighted by atomic mass is 9.81. The van der Waals surface area contributed by atoms with Crippen LogP contribution in [0.2, 0.25) is 0 Å². The molecule has 164 valence electrons. The van der Waals surface area contributed by atoms with Crippen molar-refractivity contribution in [3.05, 3.63) is 130 Å². The van der Waals surface area contributed by atoms with E-state index in [-0.39, 0.29) is 0 Å². The predicted molar refractivity (Wildman–Crippen MR) is 141 cm³/mol. The van der Waals surface area contributed by atoms with Gasteiger partial charge in [0, 0.05) is 25.5 Å². The van der Waals surface area contributed by atoms with Crippen LogP contribution in [0.15, 0.2) is 85.1 Å². The smallest absolute Gasteiger partial charge is 0.141 e. The van der Waals surface area contributed by atoms with E-state index in [4.69, 9.17) is 4.98 Å². The van der Waals surface area contributed by atoms with Crippen LogP contribution in [0, 0.1) is 0 Å². The Balaban J connectivity index is 1.37. The van der Waals surface area contributed by atoms with Crippen molar-refractivity contribution in [3.63, 3.8) is 0 Å². The zero-order chi connectivity index (χ0) is 22.7. The van der Waals surface area contributed by atoms with Crippen molar-refractivity contribution in [1.29, 1.82) is 0 Å². The summed E-state index contributed by atoms with van der Waals surface area (Å²) in [5.41, 5.74) is 20.0. The van der Waals surface area contributed by atoms with Crippen molar-refractivity contribution in [1.82, 2.24) is 4.98 Å². The van der Waals surface area contributed by atoms with Crippen LogP contribution in [0.4, 0.5) is 17.2 Å². The number of rotatable bonds is 0. The normalized spacial score (nSPS) is 14.9. The van der Waals surface area contributed by atoms with Gasteiger partial charge in [0.05, 0.1) is 11.4 Å². The standard InChI is InChI=1S/C33H22N2/c1-3-9-25-20(7-1)17-28-27(25)12-11-21-15-24-16-23-14-19-6-2-4-10-26(19)30(23)29-18-22-8-5-13-34-33(22)35(31(21)28)32(24)29/h1-13,16H,14-15,17-18H2. The van der Waals surface area contributed by atoms with Gasteiger partial charge < -0.3 is 0 Å². The second-order valence-electron chi connectivity index (χ2n) is 10.3. The summed E-state index contributed by atoms with van der Waals surface area (Å²) in [5, 5.41) is 0. The van der Waals surface area contributed by atoms with E-state index >= 15 is 0 Å². The van der Waals surface area contributed by atoms with Gasteiger partial charge in [-0.15, -0.1) is 0 Å². The molecule has 0 N–H and O–H groups in total. The van der Waals surface area contributed by atoms with Crippen LogP contribution in [0.25, 0.3) is 22.3 Å². The summed E-state index contributed by atoms with van der Waals surface area (Å²) in [5.74, 6) is 1.11. The van der Waals surface area contributed by atoms with E-state index < -0.39 is 0 Å². The molecule has 2 aliphatic heterocycles. The number of pyridine rings is 1. The molecule has 0 saturated carbocycles. The molecule has 0 saturated heterocycles. The van der Waals surface area contributed by atoms with Gasteiger partial charge >= 0.3 is 0 Å². The summed E-state index contributed by atoms with van der Waals surface area (Å²) in [6.07, 6.45) is 5.93. The number of anilines is 3. The van der Waals surface area contributed by atoms with Crippen LogP contribution in [-0.4, -0.2) is 4.98 Å². The minimum absolute atomic E-state index is 0.949. The fraction of sp³-hybridized carbons (Fsp3) is 0.121. The van der Waals surface area contributed by atoms with Gasteiger partial charge in [-0.05, 0) is 79.2 Å². The first-order valence-electron chi connectivity index (χ1n) is 12.6. The molecule has 3 heterocycles. The van der Waals surface area contributed by atoms with Crippen molar-refractivity contribution >= 4 is 17.2 Å². The summed E-state index contributed by atoms with van der Waals surface area (Å²) >= 11 is 0. The van der Waals surface area contributed by atoms with Crippen molar-refractivity contribution in [2.75, 3.05) is 4.90 Å². The highest BCUT2D eigenvalue weighted by molar-refractivity contribution is 5.97. The van der Waals surface area contributed by atoms with Gasteiger partial charge in [0.1, 0.15) is 5.82 Å². The summed E-state index contributed by atoms with van der Waals surface area (Å²) in [6, 6.07) is 29.5. The molecule has 0 unspecified atom stereocenters. The number of hydrogen-bond acceptors (Lipinski definition) is 2. The molecule has 0 radical (unpaired) electrons. The van der Waals surface area contributed by atoms with Crippen LogP contribution >= 0.6 is 0 Å². The van der Waals surface area contributed by atoms with Gasteiger partial charge in [-0.2, -0.15) is 0 Å². The first kappa shape index (κ1) is 18.2. The third-order valence-electron chi connectivity index (χ3n) is 8.54. The molecule has 2 heteroatoms. The Hall–Kier alpha value is -4.17. The molecule has 2 nitrogen and oxygen atoms in total. The van der Waals surface area contributed by atoms with E-state index in [9.17, 15) is 0 Å². The second-order valence-corrected chi connectivity index (χ2v) is 10.3. The van der Waals surface area contributed by atoms with Crippen LogP contribution in [0.1, 0.15) is 44.5 Å². The van der Waals surface area contributed by atoms with E-state index in [2.05, 4.69) is 83.8 Å². The maximum Gasteiger partial charge on any atom is 0.141 e. The van der Waals surface area contributed by atoms with Gasteiger partial charge in [-0.1, -0.05) is 72.8 Å². The third-order valence-corrected chi connectivity index (χ3v) is 8.54. The fourth-order valence-corrected chi connectivity index (χ4v) is 7.19. The largest absolute Gasteiger partial charge is 0.294 e.